The molecule has 0 spiro atoms. The summed E-state index contributed by atoms with van der Waals surface area (Å²) in [5, 5.41) is 27.2. The Morgan fingerprint density at radius 1 is 1.20 bits per heavy atom. The van der Waals surface area contributed by atoms with Gasteiger partial charge in [-0.3, -0.25) is 9.69 Å². The van der Waals surface area contributed by atoms with Crippen LogP contribution in [0.2, 0.25) is 0 Å². The number of nitrogens with zero attached hydrogens (tertiary/aromatic N) is 6. The molecule has 0 saturated carbocycles. The number of ether oxygens (including phenoxy) is 1. The number of nitrogens with one attached hydrogen (secondary N) is 1. The average molecular weight is 636 g/mol. The molecule has 0 aliphatic carbocycles. The van der Waals surface area contributed by atoms with Crippen LogP contribution in [0.4, 0.5) is 0 Å². The summed E-state index contributed by atoms with van der Waals surface area (Å²) in [7, 11) is -3.93. The SMILES string of the molecule is CCCc1c(/C=N/OCCO)c(C)c2c(=O)[nH]c(-c3cc(S(=O)(=O)N4CCN(CCO[N+](=O)[O-])CC4)ccc3OCC)nn12. The van der Waals surface area contributed by atoms with Crippen molar-refractivity contribution in [2.24, 2.45) is 5.16 Å². The van der Waals surface area contributed by atoms with E-state index in [1.807, 2.05) is 11.8 Å². The molecule has 2 N–H and O–H groups in total. The van der Waals surface area contributed by atoms with E-state index in [9.17, 15) is 23.3 Å². The van der Waals surface area contributed by atoms with Gasteiger partial charge >= 0.3 is 0 Å². The van der Waals surface area contributed by atoms with Crippen LogP contribution in [0.5, 0.6) is 5.75 Å². The number of H-pyrrole nitrogens is 1. The van der Waals surface area contributed by atoms with Crippen molar-refractivity contribution < 1.29 is 33.0 Å². The van der Waals surface area contributed by atoms with Crippen molar-refractivity contribution in [1.29, 1.82) is 0 Å². The third kappa shape index (κ3) is 7.18. The van der Waals surface area contributed by atoms with E-state index in [2.05, 4.69) is 15.0 Å². The van der Waals surface area contributed by atoms with Crippen molar-refractivity contribution in [1.82, 2.24) is 23.8 Å². The highest BCUT2D eigenvalue weighted by Crippen LogP contribution is 2.32. The second-order valence-electron chi connectivity index (χ2n) is 9.98. The molecule has 3 aromatic rings. The van der Waals surface area contributed by atoms with E-state index < -0.39 is 20.7 Å². The van der Waals surface area contributed by atoms with Crippen molar-refractivity contribution in [3.8, 4) is 17.1 Å². The van der Waals surface area contributed by atoms with Crippen LogP contribution in [-0.4, -0.2) is 108 Å². The molecule has 0 unspecified atom stereocenters. The summed E-state index contributed by atoms with van der Waals surface area (Å²) in [5.41, 5.74) is 2.25. The molecule has 1 aliphatic rings. The lowest BCUT2D eigenvalue weighted by molar-refractivity contribution is -0.757. The molecule has 0 amide bonds. The van der Waals surface area contributed by atoms with Gasteiger partial charge in [-0.15, -0.1) is 15.2 Å². The van der Waals surface area contributed by atoms with Gasteiger partial charge in [0, 0.05) is 38.3 Å². The number of aromatic nitrogens is 3. The maximum Gasteiger partial charge on any atom is 0.294 e. The highest BCUT2D eigenvalue weighted by atomic mass is 32.2. The molecule has 3 heterocycles. The minimum absolute atomic E-state index is 0.00940. The van der Waals surface area contributed by atoms with E-state index in [1.165, 1.54) is 22.7 Å². The summed E-state index contributed by atoms with van der Waals surface area (Å²) >= 11 is 0. The van der Waals surface area contributed by atoms with Crippen LogP contribution < -0.4 is 10.3 Å². The van der Waals surface area contributed by atoms with Crippen LogP contribution in [0.15, 0.2) is 33.0 Å². The van der Waals surface area contributed by atoms with Gasteiger partial charge in [-0.2, -0.15) is 4.31 Å². The Balaban J connectivity index is 1.71. The van der Waals surface area contributed by atoms with Crippen molar-refractivity contribution in [3.63, 3.8) is 0 Å². The fraction of sp³-hybridized carbons (Fsp3) is 0.519. The van der Waals surface area contributed by atoms with E-state index in [0.717, 1.165) is 12.1 Å². The number of aliphatic hydroxyl groups is 1. The summed E-state index contributed by atoms with van der Waals surface area (Å²) in [6.45, 7) is 7.10. The highest BCUT2D eigenvalue weighted by molar-refractivity contribution is 7.89. The zero-order valence-corrected chi connectivity index (χ0v) is 25.7. The predicted molar refractivity (Wildman–Crippen MR) is 160 cm³/mol. The molecule has 2 aromatic heterocycles. The number of oxime groups is 1. The molecule has 44 heavy (non-hydrogen) atoms. The van der Waals surface area contributed by atoms with Gasteiger partial charge in [0.15, 0.2) is 5.82 Å². The molecular formula is C27H37N7O9S. The fourth-order valence-corrected chi connectivity index (χ4v) is 6.55. The number of piperazine rings is 1. The smallest absolute Gasteiger partial charge is 0.294 e. The van der Waals surface area contributed by atoms with E-state index in [-0.39, 0.29) is 43.6 Å². The van der Waals surface area contributed by atoms with Crippen LogP contribution in [0, 0.1) is 17.0 Å². The summed E-state index contributed by atoms with van der Waals surface area (Å²) in [6.07, 6.45) is 2.82. The third-order valence-corrected chi connectivity index (χ3v) is 9.08. The monoisotopic (exact) mass is 635 g/mol. The number of hydrogen-bond acceptors (Lipinski definition) is 12. The Kier molecular flexibility index (Phi) is 10.9. The zero-order valence-electron chi connectivity index (χ0n) is 24.9. The third-order valence-electron chi connectivity index (χ3n) is 7.19. The topological polar surface area (TPSA) is 194 Å². The molecule has 4 rings (SSSR count). The lowest BCUT2D eigenvalue weighted by Gasteiger charge is -2.33. The van der Waals surface area contributed by atoms with Gasteiger partial charge in [0.2, 0.25) is 10.0 Å². The van der Waals surface area contributed by atoms with Gasteiger partial charge in [0.05, 0.1) is 35.6 Å². The Morgan fingerprint density at radius 3 is 2.61 bits per heavy atom. The molecule has 0 bridgehead atoms. The fourth-order valence-electron chi connectivity index (χ4n) is 5.10. The molecule has 240 valence electrons. The second-order valence-corrected chi connectivity index (χ2v) is 11.9. The van der Waals surface area contributed by atoms with Gasteiger partial charge in [0.25, 0.3) is 10.6 Å². The number of aryl methyl sites for hydroxylation is 2. The van der Waals surface area contributed by atoms with Gasteiger partial charge in [-0.05, 0) is 44.0 Å². The minimum Gasteiger partial charge on any atom is -0.493 e. The van der Waals surface area contributed by atoms with E-state index in [0.29, 0.717) is 60.6 Å². The van der Waals surface area contributed by atoms with E-state index in [1.54, 1.807) is 24.4 Å². The van der Waals surface area contributed by atoms with Gasteiger partial charge in [-0.1, -0.05) is 18.5 Å². The lowest BCUT2D eigenvalue weighted by atomic mass is 10.1. The van der Waals surface area contributed by atoms with Crippen LogP contribution in [-0.2, 0) is 26.1 Å². The Morgan fingerprint density at radius 2 is 1.95 bits per heavy atom. The van der Waals surface area contributed by atoms with Gasteiger partial charge in [0.1, 0.15) is 24.5 Å². The molecule has 16 nitrogen and oxygen atoms in total. The zero-order chi connectivity index (χ0) is 31.9. The maximum absolute atomic E-state index is 13.7. The molecule has 0 atom stereocenters. The number of fused-ring (bicyclic) bond motifs is 1. The minimum atomic E-state index is -3.93. The van der Waals surface area contributed by atoms with Gasteiger partial charge < -0.3 is 24.5 Å². The van der Waals surface area contributed by atoms with E-state index >= 15 is 0 Å². The largest absolute Gasteiger partial charge is 0.493 e. The first-order chi connectivity index (χ1) is 21.1. The molecular weight excluding hydrogens is 598 g/mol. The molecule has 0 radical (unpaired) electrons. The number of benzene rings is 1. The first-order valence-corrected chi connectivity index (χ1v) is 15.7. The lowest BCUT2D eigenvalue weighted by Crippen LogP contribution is -2.49. The molecule has 1 aromatic carbocycles. The Hall–Kier alpha value is -4.06. The van der Waals surface area contributed by atoms with Gasteiger partial charge in [-0.25, -0.2) is 12.9 Å². The van der Waals surface area contributed by atoms with Crippen molar-refractivity contribution >= 4 is 21.8 Å². The van der Waals surface area contributed by atoms with Crippen molar-refractivity contribution in [2.45, 2.75) is 38.5 Å². The number of aliphatic hydroxyl groups excluding tert-OH is 1. The van der Waals surface area contributed by atoms with Crippen LogP contribution in [0.1, 0.15) is 37.1 Å². The summed E-state index contributed by atoms with van der Waals surface area (Å²) in [4.78, 5) is 38.0. The molecule has 1 saturated heterocycles. The van der Waals surface area contributed by atoms with E-state index in [4.69, 9.17) is 19.8 Å². The first-order valence-electron chi connectivity index (χ1n) is 14.3. The average Bonchev–Trinajstić information content (AvgIpc) is 3.26. The highest BCUT2D eigenvalue weighted by Gasteiger charge is 2.30. The summed E-state index contributed by atoms with van der Waals surface area (Å²) in [5.74, 6) is 0.482. The second kappa shape index (κ2) is 14.6. The molecule has 1 aliphatic heterocycles. The predicted octanol–water partition coefficient (Wildman–Crippen LogP) is 1.21. The van der Waals surface area contributed by atoms with Crippen molar-refractivity contribution in [2.75, 3.05) is 59.2 Å². The summed E-state index contributed by atoms with van der Waals surface area (Å²) < 4.78 is 36.1. The standard InChI is InChI=1S/C27H37N7O9S/c1-4-6-23-22(18-28-42-16-14-35)19(3)25-27(36)29-26(30-33(23)25)21-17-20(7-8-24(21)41-5-2)44(39,40)32-11-9-31(10-12-32)13-15-43-34(37)38/h7-8,17-18,35H,4-6,9-16H2,1-3H3,(H,29,30,36)/b28-18+. The number of aromatic amines is 1. The molecule has 1 fully saturated rings. The normalized spacial score (nSPS) is 14.8. The molecule has 17 heteroatoms. The maximum atomic E-state index is 13.7. The first kappa shape index (κ1) is 32.8. The summed E-state index contributed by atoms with van der Waals surface area (Å²) in [6, 6.07) is 4.45. The van der Waals surface area contributed by atoms with Crippen LogP contribution >= 0.6 is 0 Å². The number of rotatable bonds is 15. The Labute approximate surface area is 254 Å². The van der Waals surface area contributed by atoms with Crippen LogP contribution in [0.25, 0.3) is 16.9 Å². The van der Waals surface area contributed by atoms with Crippen LogP contribution in [0.3, 0.4) is 0 Å². The number of hydrogen-bond donors (Lipinski definition) is 2. The number of sulfonamides is 1. The Bertz CT molecular complexity index is 1660. The quantitative estimate of drug-likeness (QED) is 0.105. The van der Waals surface area contributed by atoms with Crippen molar-refractivity contribution in [3.05, 3.63) is 55.5 Å².